The molecule has 0 fully saturated rings. The fourth-order valence-corrected chi connectivity index (χ4v) is 2.71. The van der Waals surface area contributed by atoms with Gasteiger partial charge in [0.2, 0.25) is 5.90 Å². The third-order valence-corrected chi connectivity index (χ3v) is 3.88. The molecule has 150 valence electrons. The second-order valence-corrected chi connectivity index (χ2v) is 6.00. The number of cyclic esters (lactones) is 1. The van der Waals surface area contributed by atoms with Crippen LogP contribution in [0.3, 0.4) is 0 Å². The third kappa shape index (κ3) is 4.82. The summed E-state index contributed by atoms with van der Waals surface area (Å²) in [6.07, 6.45) is 1.52. The Kier molecular flexibility index (Phi) is 6.29. The van der Waals surface area contributed by atoms with Gasteiger partial charge in [-0.05, 0) is 44.2 Å². The molecule has 0 bridgehead atoms. The number of hydrogen-bond donors (Lipinski definition) is 0. The van der Waals surface area contributed by atoms with Gasteiger partial charge in [-0.2, -0.15) is 0 Å². The Labute approximate surface area is 168 Å². The van der Waals surface area contributed by atoms with Gasteiger partial charge < -0.3 is 18.9 Å². The highest BCUT2D eigenvalue weighted by Crippen LogP contribution is 2.31. The van der Waals surface area contributed by atoms with Crippen LogP contribution in [0.4, 0.5) is 0 Å². The maximum atomic E-state index is 12.3. The van der Waals surface area contributed by atoms with Gasteiger partial charge in [0.25, 0.3) is 0 Å². The Morgan fingerprint density at radius 1 is 1.03 bits per heavy atom. The second-order valence-electron chi connectivity index (χ2n) is 6.00. The molecule has 0 radical (unpaired) electrons. The molecular weight excluding hydrogens is 374 g/mol. The van der Waals surface area contributed by atoms with Gasteiger partial charge in [0.1, 0.15) is 5.75 Å². The quantitative estimate of drug-likeness (QED) is 0.403. The number of carbonyl (C=O) groups excluding carboxylic acids is 2. The Bertz CT molecular complexity index is 993. The van der Waals surface area contributed by atoms with Crippen LogP contribution in [0.5, 0.6) is 17.2 Å². The van der Waals surface area contributed by atoms with Gasteiger partial charge in [0.05, 0.1) is 13.2 Å². The smallest absolute Gasteiger partial charge is 0.363 e. The summed E-state index contributed by atoms with van der Waals surface area (Å²) in [7, 11) is 0. The van der Waals surface area contributed by atoms with Gasteiger partial charge in [-0.1, -0.05) is 18.2 Å². The first kappa shape index (κ1) is 20.1. The second kappa shape index (κ2) is 9.05. The minimum absolute atomic E-state index is 0.103. The zero-order valence-electron chi connectivity index (χ0n) is 16.4. The van der Waals surface area contributed by atoms with E-state index in [4.69, 9.17) is 18.9 Å². The first-order chi connectivity index (χ1) is 14.0. The number of para-hydroxylation sites is 1. The van der Waals surface area contributed by atoms with Crippen LogP contribution in [0.1, 0.15) is 31.9 Å². The fourth-order valence-electron chi connectivity index (χ4n) is 2.71. The number of carbonyl (C=O) groups is 2. The van der Waals surface area contributed by atoms with Crippen LogP contribution in [0.25, 0.3) is 6.08 Å². The minimum Gasteiger partial charge on any atom is -0.490 e. The molecule has 0 unspecified atom stereocenters. The van der Waals surface area contributed by atoms with Crippen LogP contribution >= 0.6 is 0 Å². The monoisotopic (exact) mass is 395 g/mol. The van der Waals surface area contributed by atoms with Crippen molar-refractivity contribution in [1.29, 1.82) is 0 Å². The Morgan fingerprint density at radius 2 is 1.76 bits per heavy atom. The average Bonchev–Trinajstić information content (AvgIpc) is 3.05. The van der Waals surface area contributed by atoms with E-state index in [2.05, 4.69) is 4.99 Å². The van der Waals surface area contributed by atoms with E-state index in [9.17, 15) is 9.59 Å². The van der Waals surface area contributed by atoms with Crippen LogP contribution in [0.2, 0.25) is 0 Å². The molecule has 0 saturated carbocycles. The summed E-state index contributed by atoms with van der Waals surface area (Å²) in [5.41, 5.74) is 1.23. The maximum Gasteiger partial charge on any atom is 0.363 e. The van der Waals surface area contributed by atoms with E-state index in [0.29, 0.717) is 41.6 Å². The molecule has 0 atom stereocenters. The third-order valence-electron chi connectivity index (χ3n) is 3.88. The van der Waals surface area contributed by atoms with Crippen molar-refractivity contribution in [3.63, 3.8) is 0 Å². The lowest BCUT2D eigenvalue weighted by Crippen LogP contribution is -2.07. The van der Waals surface area contributed by atoms with Crippen LogP contribution < -0.4 is 14.2 Å². The van der Waals surface area contributed by atoms with E-state index >= 15 is 0 Å². The zero-order valence-corrected chi connectivity index (χ0v) is 16.4. The molecule has 1 aliphatic heterocycles. The van der Waals surface area contributed by atoms with Crippen LogP contribution in [-0.4, -0.2) is 31.1 Å². The van der Waals surface area contributed by atoms with Crippen molar-refractivity contribution in [2.75, 3.05) is 13.2 Å². The number of benzene rings is 2. The molecule has 0 spiro atoms. The topological polar surface area (TPSA) is 83.4 Å². The Balaban J connectivity index is 1.94. The molecule has 0 saturated heterocycles. The Hall–Kier alpha value is -3.61. The predicted molar refractivity (Wildman–Crippen MR) is 107 cm³/mol. The molecule has 1 heterocycles. The lowest BCUT2D eigenvalue weighted by Gasteiger charge is -2.11. The number of aliphatic imine (C=N–C) groups is 1. The first-order valence-corrected chi connectivity index (χ1v) is 9.21. The van der Waals surface area contributed by atoms with Crippen molar-refractivity contribution in [2.45, 2.75) is 20.8 Å². The zero-order chi connectivity index (χ0) is 20.8. The number of esters is 2. The standard InChI is InChI=1S/C22H21NO6/c1-4-26-19-11-10-16(13-20(19)27-5-2)21-23-17(22(25)29-21)12-15-8-6-7-9-18(15)28-14(3)24/h6-13H,4-5H2,1-3H3/b17-12-. The lowest BCUT2D eigenvalue weighted by atomic mass is 10.1. The van der Waals surface area contributed by atoms with Gasteiger partial charge in [0.15, 0.2) is 17.2 Å². The molecule has 0 N–H and O–H groups in total. The highest BCUT2D eigenvalue weighted by Gasteiger charge is 2.25. The minimum atomic E-state index is -0.593. The van der Waals surface area contributed by atoms with Crippen LogP contribution in [0.15, 0.2) is 53.2 Å². The molecule has 1 aliphatic rings. The first-order valence-electron chi connectivity index (χ1n) is 9.21. The molecule has 0 aromatic heterocycles. The molecule has 7 heteroatoms. The van der Waals surface area contributed by atoms with E-state index < -0.39 is 11.9 Å². The van der Waals surface area contributed by atoms with Gasteiger partial charge in [-0.3, -0.25) is 4.79 Å². The average molecular weight is 395 g/mol. The maximum absolute atomic E-state index is 12.3. The summed E-state index contributed by atoms with van der Waals surface area (Å²) in [6, 6.07) is 12.1. The largest absolute Gasteiger partial charge is 0.490 e. The van der Waals surface area contributed by atoms with Crippen molar-refractivity contribution in [3.05, 3.63) is 59.3 Å². The van der Waals surface area contributed by atoms with Crippen molar-refractivity contribution < 1.29 is 28.5 Å². The SMILES string of the molecule is CCOc1ccc(C2=N/C(=C\c3ccccc3OC(C)=O)C(=O)O2)cc1OCC. The lowest BCUT2D eigenvalue weighted by molar-refractivity contribution is -0.132. The van der Waals surface area contributed by atoms with E-state index in [-0.39, 0.29) is 11.6 Å². The highest BCUT2D eigenvalue weighted by atomic mass is 16.6. The molecule has 29 heavy (non-hydrogen) atoms. The molecule has 2 aromatic rings. The molecule has 0 amide bonds. The van der Waals surface area contributed by atoms with Crippen LogP contribution in [0, 0.1) is 0 Å². The summed E-state index contributed by atoms with van der Waals surface area (Å²) >= 11 is 0. The van der Waals surface area contributed by atoms with Crippen LogP contribution in [-0.2, 0) is 14.3 Å². The fraction of sp³-hybridized carbons (Fsp3) is 0.227. The summed E-state index contributed by atoms with van der Waals surface area (Å²) in [6.45, 7) is 6.04. The molecule has 7 nitrogen and oxygen atoms in total. The molecule has 0 aliphatic carbocycles. The van der Waals surface area contributed by atoms with Crippen molar-refractivity contribution in [3.8, 4) is 17.2 Å². The van der Waals surface area contributed by atoms with Crippen molar-refractivity contribution >= 4 is 23.9 Å². The summed E-state index contributed by atoms with van der Waals surface area (Å²) in [5, 5.41) is 0. The van der Waals surface area contributed by atoms with E-state index in [0.717, 1.165) is 0 Å². The number of rotatable bonds is 7. The van der Waals surface area contributed by atoms with Gasteiger partial charge in [0, 0.05) is 18.1 Å². The van der Waals surface area contributed by atoms with Gasteiger partial charge in [-0.25, -0.2) is 9.79 Å². The normalized spacial score (nSPS) is 14.4. The van der Waals surface area contributed by atoms with E-state index in [1.54, 1.807) is 42.5 Å². The number of ether oxygens (including phenoxy) is 4. The summed E-state index contributed by atoms with van der Waals surface area (Å²) in [5.74, 6) is 0.604. The van der Waals surface area contributed by atoms with E-state index in [1.165, 1.54) is 13.0 Å². The number of hydrogen-bond acceptors (Lipinski definition) is 7. The molecule has 2 aromatic carbocycles. The molecular formula is C22H21NO6. The van der Waals surface area contributed by atoms with E-state index in [1.807, 2.05) is 13.8 Å². The van der Waals surface area contributed by atoms with Crippen molar-refractivity contribution in [2.24, 2.45) is 4.99 Å². The number of nitrogens with zero attached hydrogens (tertiary/aromatic N) is 1. The predicted octanol–water partition coefficient (Wildman–Crippen LogP) is 3.75. The highest BCUT2D eigenvalue weighted by molar-refractivity contribution is 6.13. The summed E-state index contributed by atoms with van der Waals surface area (Å²) < 4.78 is 21.6. The molecule has 3 rings (SSSR count). The van der Waals surface area contributed by atoms with Gasteiger partial charge in [-0.15, -0.1) is 0 Å². The Morgan fingerprint density at radius 3 is 2.48 bits per heavy atom. The van der Waals surface area contributed by atoms with Gasteiger partial charge >= 0.3 is 11.9 Å². The van der Waals surface area contributed by atoms with Crippen molar-refractivity contribution in [1.82, 2.24) is 0 Å². The summed E-state index contributed by atoms with van der Waals surface area (Å²) in [4.78, 5) is 27.9.